The Morgan fingerprint density at radius 2 is 2.15 bits per heavy atom. The molecule has 3 heterocycles. The van der Waals surface area contributed by atoms with Gasteiger partial charge in [0, 0.05) is 38.1 Å². The molecule has 2 fully saturated rings. The van der Waals surface area contributed by atoms with E-state index in [1.54, 1.807) is 23.2 Å². The lowest BCUT2D eigenvalue weighted by Crippen LogP contribution is -2.35. The molecule has 8 nitrogen and oxygen atoms in total. The summed E-state index contributed by atoms with van der Waals surface area (Å²) in [5.74, 6) is 1.85. The standard InChI is InChI=1S/C18H24N6O2/c1-2-23-17(21-22-18(23)26)16-14(12-3-4-12)7-10-24(16)15(25)6-5-13-11-19-8-9-20-13/h8-9,11-12,14,16H,2-7,10H2,1H3,(H,22,26). The van der Waals surface area contributed by atoms with E-state index < -0.39 is 0 Å². The number of carbonyl (C=O) groups is 1. The van der Waals surface area contributed by atoms with Crippen molar-refractivity contribution in [3.8, 4) is 0 Å². The maximum atomic E-state index is 12.9. The lowest BCUT2D eigenvalue weighted by Gasteiger charge is -2.28. The molecule has 2 aromatic heterocycles. The first-order valence-corrected chi connectivity index (χ1v) is 9.38. The van der Waals surface area contributed by atoms with Gasteiger partial charge in [0.15, 0.2) is 5.82 Å². The molecular formula is C18H24N6O2. The van der Waals surface area contributed by atoms with Gasteiger partial charge in [0.05, 0.1) is 11.7 Å². The minimum absolute atomic E-state index is 0.0990. The fourth-order valence-corrected chi connectivity index (χ4v) is 4.14. The predicted octanol–water partition coefficient (Wildman–Crippen LogP) is 1.31. The van der Waals surface area contributed by atoms with Crippen molar-refractivity contribution in [1.29, 1.82) is 0 Å². The first-order valence-electron chi connectivity index (χ1n) is 9.38. The molecule has 8 heteroatoms. The molecule has 4 rings (SSSR count). The van der Waals surface area contributed by atoms with Crippen LogP contribution in [0.5, 0.6) is 0 Å². The van der Waals surface area contributed by atoms with Gasteiger partial charge in [0.2, 0.25) is 5.91 Å². The van der Waals surface area contributed by atoms with Crippen LogP contribution in [0.2, 0.25) is 0 Å². The minimum Gasteiger partial charge on any atom is -0.332 e. The third-order valence-electron chi connectivity index (χ3n) is 5.57. The topological polar surface area (TPSA) is 96.8 Å². The SMILES string of the molecule is CCn1c(C2C(C3CC3)CCN2C(=O)CCc2cnccn2)n[nH]c1=O. The first kappa shape index (κ1) is 16.9. The number of likely N-dealkylation sites (tertiary alicyclic amines) is 1. The summed E-state index contributed by atoms with van der Waals surface area (Å²) in [5.41, 5.74) is 0.622. The van der Waals surface area contributed by atoms with Crippen molar-refractivity contribution in [3.05, 3.63) is 40.6 Å². The number of hydrogen-bond acceptors (Lipinski definition) is 5. The van der Waals surface area contributed by atoms with Gasteiger partial charge in [-0.3, -0.25) is 19.3 Å². The highest BCUT2D eigenvalue weighted by atomic mass is 16.2. The molecule has 2 aromatic rings. The first-order chi connectivity index (χ1) is 12.7. The predicted molar refractivity (Wildman–Crippen MR) is 94.2 cm³/mol. The molecule has 26 heavy (non-hydrogen) atoms. The van der Waals surface area contributed by atoms with Gasteiger partial charge in [0.1, 0.15) is 0 Å². The van der Waals surface area contributed by atoms with Crippen LogP contribution in [0.3, 0.4) is 0 Å². The molecule has 0 spiro atoms. The number of aromatic amines is 1. The summed E-state index contributed by atoms with van der Waals surface area (Å²) in [6.07, 6.45) is 9.35. The summed E-state index contributed by atoms with van der Waals surface area (Å²) in [6, 6.07) is -0.101. The highest BCUT2D eigenvalue weighted by Gasteiger charge is 2.47. The molecular weight excluding hydrogens is 332 g/mol. The minimum atomic E-state index is -0.198. The largest absolute Gasteiger partial charge is 0.343 e. The Morgan fingerprint density at radius 1 is 1.31 bits per heavy atom. The smallest absolute Gasteiger partial charge is 0.332 e. The van der Waals surface area contributed by atoms with E-state index in [-0.39, 0.29) is 17.6 Å². The van der Waals surface area contributed by atoms with E-state index in [1.807, 2.05) is 11.8 Å². The number of amides is 1. The summed E-state index contributed by atoms with van der Waals surface area (Å²) in [6.45, 7) is 3.22. The molecule has 1 saturated heterocycles. The molecule has 2 atom stereocenters. The second-order valence-corrected chi connectivity index (χ2v) is 7.15. The summed E-state index contributed by atoms with van der Waals surface area (Å²) >= 11 is 0. The van der Waals surface area contributed by atoms with Crippen LogP contribution >= 0.6 is 0 Å². The highest BCUT2D eigenvalue weighted by molar-refractivity contribution is 5.77. The summed E-state index contributed by atoms with van der Waals surface area (Å²) in [4.78, 5) is 35.2. The van der Waals surface area contributed by atoms with Crippen molar-refractivity contribution in [2.24, 2.45) is 11.8 Å². The second kappa shape index (κ2) is 7.01. The number of hydrogen-bond donors (Lipinski definition) is 1. The summed E-state index contributed by atoms with van der Waals surface area (Å²) in [7, 11) is 0. The Labute approximate surface area is 151 Å². The van der Waals surface area contributed by atoms with E-state index in [9.17, 15) is 9.59 Å². The number of rotatable bonds is 6. The third kappa shape index (κ3) is 3.15. The Hall–Kier alpha value is -2.51. The molecule has 0 aromatic carbocycles. The van der Waals surface area contributed by atoms with Gasteiger partial charge in [-0.15, -0.1) is 0 Å². The van der Waals surface area contributed by atoms with Crippen LogP contribution in [0.15, 0.2) is 23.4 Å². The average molecular weight is 356 g/mol. The molecule has 1 aliphatic heterocycles. The zero-order chi connectivity index (χ0) is 18.1. The molecule has 0 bridgehead atoms. The zero-order valence-corrected chi connectivity index (χ0v) is 15.0. The number of aryl methyl sites for hydroxylation is 1. The average Bonchev–Trinajstić information content (AvgIpc) is 3.31. The summed E-state index contributed by atoms with van der Waals surface area (Å²) < 4.78 is 1.66. The third-order valence-corrected chi connectivity index (χ3v) is 5.57. The molecule has 138 valence electrons. The van der Waals surface area contributed by atoms with Crippen molar-refractivity contribution >= 4 is 5.91 Å². The molecule has 1 aliphatic carbocycles. The van der Waals surface area contributed by atoms with E-state index in [0.29, 0.717) is 37.0 Å². The Balaban J connectivity index is 1.55. The lowest BCUT2D eigenvalue weighted by atomic mass is 9.94. The van der Waals surface area contributed by atoms with Gasteiger partial charge in [0.25, 0.3) is 0 Å². The second-order valence-electron chi connectivity index (χ2n) is 7.15. The van der Waals surface area contributed by atoms with Gasteiger partial charge >= 0.3 is 5.69 Å². The Morgan fingerprint density at radius 3 is 2.85 bits per heavy atom. The van der Waals surface area contributed by atoms with Crippen LogP contribution in [0.1, 0.15) is 50.2 Å². The maximum absolute atomic E-state index is 12.9. The highest BCUT2D eigenvalue weighted by Crippen LogP contribution is 2.50. The van der Waals surface area contributed by atoms with Gasteiger partial charge < -0.3 is 4.90 Å². The molecule has 2 unspecified atom stereocenters. The molecule has 0 radical (unpaired) electrons. The van der Waals surface area contributed by atoms with Gasteiger partial charge in [-0.25, -0.2) is 9.89 Å². The molecule has 2 aliphatic rings. The van der Waals surface area contributed by atoms with Crippen molar-refractivity contribution in [2.75, 3.05) is 6.54 Å². The number of H-pyrrole nitrogens is 1. The number of nitrogens with zero attached hydrogens (tertiary/aromatic N) is 5. The van der Waals surface area contributed by atoms with Crippen LogP contribution < -0.4 is 5.69 Å². The van der Waals surface area contributed by atoms with Crippen LogP contribution in [0.4, 0.5) is 0 Å². The van der Waals surface area contributed by atoms with Crippen molar-refractivity contribution < 1.29 is 4.79 Å². The van der Waals surface area contributed by atoms with Gasteiger partial charge in [-0.05, 0) is 44.4 Å². The Bertz CT molecular complexity index is 826. The van der Waals surface area contributed by atoms with E-state index in [0.717, 1.165) is 18.7 Å². The summed E-state index contributed by atoms with van der Waals surface area (Å²) in [5, 5.41) is 6.85. The Kier molecular flexibility index (Phi) is 4.57. The lowest BCUT2D eigenvalue weighted by molar-refractivity contribution is -0.132. The fourth-order valence-electron chi connectivity index (χ4n) is 4.14. The van der Waals surface area contributed by atoms with E-state index in [4.69, 9.17) is 0 Å². The monoisotopic (exact) mass is 356 g/mol. The van der Waals surface area contributed by atoms with Crippen LogP contribution in [-0.2, 0) is 17.8 Å². The van der Waals surface area contributed by atoms with E-state index in [2.05, 4.69) is 20.2 Å². The molecule has 1 saturated carbocycles. The quantitative estimate of drug-likeness (QED) is 0.842. The van der Waals surface area contributed by atoms with Gasteiger partial charge in [-0.2, -0.15) is 5.10 Å². The van der Waals surface area contributed by atoms with E-state index >= 15 is 0 Å². The fraction of sp³-hybridized carbons (Fsp3) is 0.611. The van der Waals surface area contributed by atoms with Crippen molar-refractivity contribution in [2.45, 2.75) is 51.6 Å². The van der Waals surface area contributed by atoms with E-state index in [1.165, 1.54) is 12.8 Å². The maximum Gasteiger partial charge on any atom is 0.343 e. The van der Waals surface area contributed by atoms with Crippen LogP contribution in [0, 0.1) is 11.8 Å². The zero-order valence-electron chi connectivity index (χ0n) is 15.0. The number of aromatic nitrogens is 5. The van der Waals surface area contributed by atoms with Crippen molar-refractivity contribution in [3.63, 3.8) is 0 Å². The number of nitrogens with one attached hydrogen (secondary N) is 1. The normalized spacial score (nSPS) is 22.7. The van der Waals surface area contributed by atoms with Crippen LogP contribution in [0.25, 0.3) is 0 Å². The van der Waals surface area contributed by atoms with Crippen LogP contribution in [-0.4, -0.2) is 42.1 Å². The van der Waals surface area contributed by atoms with Crippen molar-refractivity contribution in [1.82, 2.24) is 29.6 Å². The number of carbonyl (C=O) groups excluding carboxylic acids is 1. The van der Waals surface area contributed by atoms with Gasteiger partial charge in [-0.1, -0.05) is 0 Å². The molecule has 1 N–H and O–H groups in total. The molecule has 1 amide bonds.